The number of halogens is 1. The molecule has 2 rings (SSSR count). The lowest BCUT2D eigenvalue weighted by Gasteiger charge is -2.22. The van der Waals surface area contributed by atoms with E-state index in [1.807, 2.05) is 20.8 Å². The highest BCUT2D eigenvalue weighted by Gasteiger charge is 2.18. The van der Waals surface area contributed by atoms with Crippen LogP contribution >= 0.6 is 0 Å². The molecule has 0 saturated heterocycles. The fourth-order valence-corrected chi connectivity index (χ4v) is 1.95. The van der Waals surface area contributed by atoms with E-state index in [2.05, 4.69) is 10.4 Å². The molecule has 20 heavy (non-hydrogen) atoms. The van der Waals surface area contributed by atoms with Gasteiger partial charge in [0, 0.05) is 6.07 Å². The van der Waals surface area contributed by atoms with Crippen molar-refractivity contribution >= 4 is 11.7 Å². The first kappa shape index (κ1) is 14.2. The van der Waals surface area contributed by atoms with Crippen molar-refractivity contribution < 1.29 is 9.18 Å². The smallest absolute Gasteiger partial charge is 0.229 e. The number of anilines is 1. The molecule has 2 aromatic rings. The Bertz CT molecular complexity index is 614. The van der Waals surface area contributed by atoms with Gasteiger partial charge in [-0.2, -0.15) is 5.10 Å². The Morgan fingerprint density at radius 1 is 1.35 bits per heavy atom. The Labute approximate surface area is 117 Å². The van der Waals surface area contributed by atoms with Crippen molar-refractivity contribution in [1.82, 2.24) is 9.78 Å². The number of nitrogens with zero attached hydrogens (tertiary/aromatic N) is 2. The SMILES string of the molecule is CC(C)(C)n1nccc1NC(=O)Cc1cccc(F)c1. The van der Waals surface area contributed by atoms with Crippen LogP contribution in [-0.2, 0) is 16.8 Å². The van der Waals surface area contributed by atoms with E-state index in [0.29, 0.717) is 11.4 Å². The lowest BCUT2D eigenvalue weighted by atomic mass is 10.1. The monoisotopic (exact) mass is 275 g/mol. The third kappa shape index (κ3) is 3.44. The number of rotatable bonds is 3. The number of hydrogen-bond donors (Lipinski definition) is 1. The predicted molar refractivity (Wildman–Crippen MR) is 76.0 cm³/mol. The molecule has 0 fully saturated rings. The van der Waals surface area contributed by atoms with E-state index in [9.17, 15) is 9.18 Å². The number of nitrogens with one attached hydrogen (secondary N) is 1. The minimum absolute atomic E-state index is 0.132. The van der Waals surface area contributed by atoms with E-state index in [-0.39, 0.29) is 23.7 Å². The van der Waals surface area contributed by atoms with Gasteiger partial charge < -0.3 is 5.32 Å². The van der Waals surface area contributed by atoms with E-state index in [1.165, 1.54) is 12.1 Å². The molecule has 1 heterocycles. The molecule has 1 amide bonds. The van der Waals surface area contributed by atoms with Crippen LogP contribution in [-0.4, -0.2) is 15.7 Å². The third-order valence-electron chi connectivity index (χ3n) is 2.80. The number of benzene rings is 1. The van der Waals surface area contributed by atoms with Crippen molar-refractivity contribution in [2.24, 2.45) is 0 Å². The summed E-state index contributed by atoms with van der Waals surface area (Å²) >= 11 is 0. The van der Waals surface area contributed by atoms with Crippen LogP contribution in [0.15, 0.2) is 36.5 Å². The van der Waals surface area contributed by atoms with Crippen molar-refractivity contribution in [3.8, 4) is 0 Å². The van der Waals surface area contributed by atoms with Gasteiger partial charge >= 0.3 is 0 Å². The Morgan fingerprint density at radius 3 is 2.75 bits per heavy atom. The van der Waals surface area contributed by atoms with Gasteiger partial charge in [-0.05, 0) is 38.5 Å². The summed E-state index contributed by atoms with van der Waals surface area (Å²) < 4.78 is 14.8. The van der Waals surface area contributed by atoms with Crippen molar-refractivity contribution in [1.29, 1.82) is 0 Å². The number of hydrogen-bond acceptors (Lipinski definition) is 2. The van der Waals surface area contributed by atoms with Gasteiger partial charge in [0.25, 0.3) is 0 Å². The first-order valence-electron chi connectivity index (χ1n) is 6.45. The average molecular weight is 275 g/mol. The molecule has 0 saturated carbocycles. The van der Waals surface area contributed by atoms with Crippen molar-refractivity contribution in [3.05, 3.63) is 47.9 Å². The summed E-state index contributed by atoms with van der Waals surface area (Å²) in [7, 11) is 0. The number of carbonyl (C=O) groups is 1. The largest absolute Gasteiger partial charge is 0.311 e. The first-order valence-corrected chi connectivity index (χ1v) is 6.45. The molecular weight excluding hydrogens is 257 g/mol. The molecule has 0 aliphatic rings. The average Bonchev–Trinajstić information content (AvgIpc) is 2.76. The van der Waals surface area contributed by atoms with Crippen LogP contribution in [0.2, 0.25) is 0 Å². The van der Waals surface area contributed by atoms with Crippen molar-refractivity contribution in [3.63, 3.8) is 0 Å². The summed E-state index contributed by atoms with van der Waals surface area (Å²) in [6.45, 7) is 6.01. The van der Waals surface area contributed by atoms with Gasteiger partial charge in [0.1, 0.15) is 11.6 Å². The van der Waals surface area contributed by atoms with Crippen LogP contribution in [0.4, 0.5) is 10.2 Å². The Hall–Kier alpha value is -2.17. The van der Waals surface area contributed by atoms with Gasteiger partial charge in [-0.15, -0.1) is 0 Å². The Balaban J connectivity index is 2.08. The van der Waals surface area contributed by atoms with Crippen molar-refractivity contribution in [2.45, 2.75) is 32.7 Å². The van der Waals surface area contributed by atoms with E-state index < -0.39 is 0 Å². The van der Waals surface area contributed by atoms with E-state index in [0.717, 1.165) is 0 Å². The fourth-order valence-electron chi connectivity index (χ4n) is 1.95. The predicted octanol–water partition coefficient (Wildman–Crippen LogP) is 2.96. The molecule has 0 spiro atoms. The third-order valence-corrected chi connectivity index (χ3v) is 2.80. The zero-order valence-electron chi connectivity index (χ0n) is 11.9. The standard InChI is InChI=1S/C15H18FN3O/c1-15(2,3)19-13(7-8-17-19)18-14(20)10-11-5-4-6-12(16)9-11/h4-9H,10H2,1-3H3,(H,18,20). The highest BCUT2D eigenvalue weighted by molar-refractivity contribution is 5.91. The molecule has 106 valence electrons. The molecule has 5 heteroatoms. The Kier molecular flexibility index (Phi) is 3.88. The second-order valence-electron chi connectivity index (χ2n) is 5.65. The normalized spacial score (nSPS) is 11.4. The van der Waals surface area contributed by atoms with Gasteiger partial charge in [-0.1, -0.05) is 12.1 Å². The molecule has 0 radical (unpaired) electrons. The minimum atomic E-state index is -0.338. The molecule has 4 nitrogen and oxygen atoms in total. The zero-order chi connectivity index (χ0) is 14.8. The molecule has 0 atom stereocenters. The molecule has 1 N–H and O–H groups in total. The second-order valence-corrected chi connectivity index (χ2v) is 5.65. The lowest BCUT2D eigenvalue weighted by molar-refractivity contribution is -0.115. The second kappa shape index (κ2) is 5.45. The molecule has 0 aliphatic carbocycles. The van der Waals surface area contributed by atoms with E-state index >= 15 is 0 Å². The van der Waals surface area contributed by atoms with E-state index in [4.69, 9.17) is 0 Å². The van der Waals surface area contributed by atoms with Crippen LogP contribution in [0.1, 0.15) is 26.3 Å². The molecule has 0 bridgehead atoms. The topological polar surface area (TPSA) is 46.9 Å². The van der Waals surface area contributed by atoms with Gasteiger partial charge in [-0.3, -0.25) is 4.79 Å². The maximum absolute atomic E-state index is 13.1. The maximum Gasteiger partial charge on any atom is 0.229 e. The van der Waals surface area contributed by atoms with Crippen molar-refractivity contribution in [2.75, 3.05) is 5.32 Å². The lowest BCUT2D eigenvalue weighted by Crippen LogP contribution is -2.27. The molecule has 1 aromatic heterocycles. The van der Waals surface area contributed by atoms with Crippen LogP contribution in [0.5, 0.6) is 0 Å². The summed E-state index contributed by atoms with van der Waals surface area (Å²) in [5.41, 5.74) is 0.426. The summed E-state index contributed by atoms with van der Waals surface area (Å²) in [5, 5.41) is 7.01. The highest BCUT2D eigenvalue weighted by atomic mass is 19.1. The zero-order valence-corrected chi connectivity index (χ0v) is 11.9. The number of carbonyl (C=O) groups excluding carboxylic acids is 1. The van der Waals surface area contributed by atoms with Gasteiger partial charge in [0.2, 0.25) is 5.91 Å². The van der Waals surface area contributed by atoms with Gasteiger partial charge in [-0.25, -0.2) is 9.07 Å². The summed E-state index contributed by atoms with van der Waals surface area (Å²) in [5.74, 6) is 0.107. The van der Waals surface area contributed by atoms with Crippen LogP contribution in [0, 0.1) is 5.82 Å². The number of aromatic nitrogens is 2. The summed E-state index contributed by atoms with van der Waals surface area (Å²) in [4.78, 5) is 12.0. The summed E-state index contributed by atoms with van der Waals surface area (Å²) in [6.07, 6.45) is 1.77. The quantitative estimate of drug-likeness (QED) is 0.936. The first-order chi connectivity index (χ1) is 9.36. The van der Waals surface area contributed by atoms with Crippen LogP contribution in [0.3, 0.4) is 0 Å². The minimum Gasteiger partial charge on any atom is -0.311 e. The Morgan fingerprint density at radius 2 is 2.10 bits per heavy atom. The van der Waals surface area contributed by atoms with Gasteiger partial charge in [0.15, 0.2) is 0 Å². The maximum atomic E-state index is 13.1. The van der Waals surface area contributed by atoms with Gasteiger partial charge in [0.05, 0.1) is 18.2 Å². The number of amides is 1. The molecule has 0 unspecified atom stereocenters. The van der Waals surface area contributed by atoms with Crippen LogP contribution < -0.4 is 5.32 Å². The molecule has 1 aromatic carbocycles. The van der Waals surface area contributed by atoms with E-state index in [1.54, 1.807) is 29.1 Å². The van der Waals surface area contributed by atoms with Crippen LogP contribution in [0.25, 0.3) is 0 Å². The highest BCUT2D eigenvalue weighted by Crippen LogP contribution is 2.19. The summed E-state index contributed by atoms with van der Waals surface area (Å²) in [6, 6.07) is 7.78. The fraction of sp³-hybridized carbons (Fsp3) is 0.333. The molecule has 0 aliphatic heterocycles. The molecular formula is C15H18FN3O.